The van der Waals surface area contributed by atoms with Gasteiger partial charge in [0, 0.05) is 19.3 Å². The van der Waals surface area contributed by atoms with Crippen molar-refractivity contribution < 1.29 is 0 Å². The van der Waals surface area contributed by atoms with Gasteiger partial charge in [0.05, 0.1) is 5.69 Å². The van der Waals surface area contributed by atoms with Gasteiger partial charge < -0.3 is 5.32 Å². The largest absolute Gasteiger partial charge is 0.307 e. The zero-order chi connectivity index (χ0) is 6.10. The number of fused-ring (bicyclic) bond motifs is 1. The molecule has 0 spiro atoms. The number of aromatic nitrogens is 1. The van der Waals surface area contributed by atoms with Crippen LogP contribution in [0.25, 0.3) is 0 Å². The Bertz CT molecular complexity index is 204. The first-order valence-electron chi connectivity index (χ1n) is 3.10. The highest BCUT2D eigenvalue weighted by Gasteiger charge is 2.07. The van der Waals surface area contributed by atoms with Crippen molar-refractivity contribution >= 4 is 34.0 Å². The lowest BCUT2D eigenvalue weighted by Gasteiger charge is -1.90. The van der Waals surface area contributed by atoms with Crippen LogP contribution in [0.15, 0.2) is 18.3 Å². The summed E-state index contributed by atoms with van der Waals surface area (Å²) < 4.78 is 0. The van der Waals surface area contributed by atoms with E-state index in [-0.39, 0.29) is 34.0 Å². The molecule has 0 unspecified atom stereocenters. The topological polar surface area (TPSA) is 24.9 Å². The molecule has 0 amide bonds. The highest BCUT2D eigenvalue weighted by Crippen LogP contribution is 2.09. The molecule has 0 aliphatic carbocycles. The summed E-state index contributed by atoms with van der Waals surface area (Å²) in [5.41, 5.74) is 2.55. The van der Waals surface area contributed by atoms with Crippen molar-refractivity contribution in [1.82, 2.24) is 10.3 Å². The second-order valence-electron chi connectivity index (χ2n) is 2.21. The summed E-state index contributed by atoms with van der Waals surface area (Å²) in [6.07, 6.45) is 1.84. The van der Waals surface area contributed by atoms with Crippen molar-refractivity contribution in [2.45, 2.75) is 13.1 Å². The van der Waals surface area contributed by atoms with Crippen LogP contribution in [-0.2, 0) is 13.1 Å². The smallest absolute Gasteiger partial charge is 0.0586 e. The molecule has 2 nitrogen and oxygen atoms in total. The number of pyridine rings is 1. The van der Waals surface area contributed by atoms with E-state index in [1.807, 2.05) is 12.3 Å². The first-order valence-corrected chi connectivity index (χ1v) is 3.10. The Morgan fingerprint density at radius 1 is 1.27 bits per heavy atom. The molecule has 0 radical (unpaired) electrons. The number of hydrogen-bond donors (Lipinski definition) is 1. The van der Waals surface area contributed by atoms with Crippen molar-refractivity contribution in [1.29, 1.82) is 0 Å². The molecular weight excluding hydrogens is 272 g/mol. The third-order valence-corrected chi connectivity index (χ3v) is 1.59. The second kappa shape index (κ2) is 4.85. The molecule has 0 saturated carbocycles. The summed E-state index contributed by atoms with van der Waals surface area (Å²) in [6.45, 7) is 1.93. The maximum Gasteiger partial charge on any atom is 0.0586 e. The molecule has 2 rings (SSSR count). The summed E-state index contributed by atoms with van der Waals surface area (Å²) >= 11 is 0. The molecule has 0 atom stereocenters. The summed E-state index contributed by atoms with van der Waals surface area (Å²) in [4.78, 5) is 4.20. The Morgan fingerprint density at radius 2 is 2.09 bits per heavy atom. The third kappa shape index (κ3) is 2.25. The fourth-order valence-corrected chi connectivity index (χ4v) is 1.11. The molecule has 4 heteroatoms. The molecule has 1 N–H and O–H groups in total. The van der Waals surface area contributed by atoms with Crippen LogP contribution in [0.1, 0.15) is 11.3 Å². The van der Waals surface area contributed by atoms with E-state index in [1.165, 1.54) is 11.3 Å². The molecule has 1 aromatic heterocycles. The molecule has 11 heavy (non-hydrogen) atoms. The van der Waals surface area contributed by atoms with E-state index in [1.54, 1.807) is 0 Å². The maximum absolute atomic E-state index is 4.20. The maximum atomic E-state index is 4.20. The van der Waals surface area contributed by atoms with E-state index in [0.29, 0.717) is 0 Å². The molecule has 0 aromatic carbocycles. The van der Waals surface area contributed by atoms with Gasteiger partial charge in [-0.1, -0.05) is 6.07 Å². The highest BCUT2D eigenvalue weighted by atomic mass is 79.9. The molecule has 0 saturated heterocycles. The van der Waals surface area contributed by atoms with E-state index in [2.05, 4.69) is 16.4 Å². The van der Waals surface area contributed by atoms with Gasteiger partial charge in [-0.15, -0.1) is 34.0 Å². The van der Waals surface area contributed by atoms with Crippen LogP contribution in [0.3, 0.4) is 0 Å². The quantitative estimate of drug-likeness (QED) is 0.785. The normalized spacial score (nSPS) is 12.7. The van der Waals surface area contributed by atoms with E-state index < -0.39 is 0 Å². The van der Waals surface area contributed by atoms with Crippen LogP contribution in [0.5, 0.6) is 0 Å². The number of halogens is 2. The van der Waals surface area contributed by atoms with Gasteiger partial charge in [0.15, 0.2) is 0 Å². The van der Waals surface area contributed by atoms with Crippen LogP contribution < -0.4 is 5.32 Å². The molecule has 1 aliphatic heterocycles. The van der Waals surface area contributed by atoms with Gasteiger partial charge in [-0.05, 0) is 11.6 Å². The lowest BCUT2D eigenvalue weighted by atomic mass is 10.2. The summed E-state index contributed by atoms with van der Waals surface area (Å²) in [5.74, 6) is 0. The minimum Gasteiger partial charge on any atom is -0.307 e. The molecule has 0 fully saturated rings. The third-order valence-electron chi connectivity index (χ3n) is 1.59. The van der Waals surface area contributed by atoms with Crippen LogP contribution in [0.2, 0.25) is 0 Å². The minimum atomic E-state index is 0. The van der Waals surface area contributed by atoms with Gasteiger partial charge in [-0.3, -0.25) is 4.98 Å². The van der Waals surface area contributed by atoms with Crippen LogP contribution in [0.4, 0.5) is 0 Å². The van der Waals surface area contributed by atoms with Crippen LogP contribution in [-0.4, -0.2) is 4.98 Å². The Balaban J connectivity index is 0.000000500. The molecule has 2 heterocycles. The van der Waals surface area contributed by atoms with Crippen molar-refractivity contribution in [2.75, 3.05) is 0 Å². The minimum absolute atomic E-state index is 0. The average molecular weight is 282 g/mol. The Labute approximate surface area is 87.0 Å². The lowest BCUT2D eigenvalue weighted by Crippen LogP contribution is -2.00. The van der Waals surface area contributed by atoms with Gasteiger partial charge >= 0.3 is 0 Å². The molecular formula is C7H10Br2N2. The van der Waals surface area contributed by atoms with E-state index >= 15 is 0 Å². The van der Waals surface area contributed by atoms with Crippen molar-refractivity contribution in [2.24, 2.45) is 0 Å². The average Bonchev–Trinajstić information content (AvgIpc) is 2.33. The predicted octanol–water partition coefficient (Wildman–Crippen LogP) is 1.84. The standard InChI is InChI=1S/C7H8N2.2BrH/c1-2-6-4-8-5-7(6)9-3-1;;/h1-3,8H,4-5H2;2*1H. The molecule has 1 aliphatic rings. The first-order chi connectivity index (χ1) is 4.47. The first kappa shape index (κ1) is 11.1. The molecule has 62 valence electrons. The fraction of sp³-hybridized carbons (Fsp3) is 0.286. The monoisotopic (exact) mass is 280 g/mol. The van der Waals surface area contributed by atoms with Crippen molar-refractivity contribution in [3.63, 3.8) is 0 Å². The number of nitrogens with one attached hydrogen (secondary N) is 1. The van der Waals surface area contributed by atoms with Crippen molar-refractivity contribution in [3.05, 3.63) is 29.6 Å². The second-order valence-corrected chi connectivity index (χ2v) is 2.21. The zero-order valence-corrected chi connectivity index (χ0v) is 9.34. The summed E-state index contributed by atoms with van der Waals surface area (Å²) in [5, 5.41) is 3.23. The summed E-state index contributed by atoms with van der Waals surface area (Å²) in [6, 6.07) is 4.09. The van der Waals surface area contributed by atoms with Crippen LogP contribution >= 0.6 is 34.0 Å². The number of hydrogen-bond acceptors (Lipinski definition) is 2. The van der Waals surface area contributed by atoms with Gasteiger partial charge in [-0.2, -0.15) is 0 Å². The van der Waals surface area contributed by atoms with E-state index in [4.69, 9.17) is 0 Å². The SMILES string of the molecule is Br.Br.c1cnc2c(c1)CNC2. The molecule has 1 aromatic rings. The highest BCUT2D eigenvalue weighted by molar-refractivity contribution is 8.93. The van der Waals surface area contributed by atoms with Crippen molar-refractivity contribution in [3.8, 4) is 0 Å². The fourth-order valence-electron chi connectivity index (χ4n) is 1.11. The Morgan fingerprint density at radius 3 is 2.82 bits per heavy atom. The Hall–Kier alpha value is 0.0700. The number of nitrogens with zero attached hydrogens (tertiary/aromatic N) is 1. The van der Waals surface area contributed by atoms with Gasteiger partial charge in [-0.25, -0.2) is 0 Å². The predicted molar refractivity (Wildman–Crippen MR) is 55.4 cm³/mol. The lowest BCUT2D eigenvalue weighted by molar-refractivity contribution is 0.757. The molecule has 0 bridgehead atoms. The van der Waals surface area contributed by atoms with Gasteiger partial charge in [0.1, 0.15) is 0 Å². The number of rotatable bonds is 0. The summed E-state index contributed by atoms with van der Waals surface area (Å²) in [7, 11) is 0. The van der Waals surface area contributed by atoms with E-state index in [9.17, 15) is 0 Å². The van der Waals surface area contributed by atoms with Gasteiger partial charge in [0.25, 0.3) is 0 Å². The van der Waals surface area contributed by atoms with E-state index in [0.717, 1.165) is 13.1 Å². The van der Waals surface area contributed by atoms with Crippen LogP contribution in [0, 0.1) is 0 Å². The Kier molecular flexibility index (Phi) is 4.88. The van der Waals surface area contributed by atoms with Gasteiger partial charge in [0.2, 0.25) is 0 Å². The zero-order valence-electron chi connectivity index (χ0n) is 5.91.